The van der Waals surface area contributed by atoms with Crippen LogP contribution in [0, 0.1) is 23.7 Å². The zero-order valence-corrected chi connectivity index (χ0v) is 21.7. The SMILES string of the molecule is N[C@H](CF)[C@H]1CC[C@H](C(=O)N2CC[C@@H](C3CCCCC3)[C@H]2C(=O)Nc2cc3cc(C(=O)O)[nH]c3cn2)CC1. The molecule has 0 unspecified atom stereocenters. The maximum Gasteiger partial charge on any atom is 0.352 e. The summed E-state index contributed by atoms with van der Waals surface area (Å²) in [4.78, 5) is 47.8. The highest BCUT2D eigenvalue weighted by atomic mass is 19.1. The minimum absolute atomic E-state index is 0.0240. The molecule has 3 aliphatic rings. The first-order valence-corrected chi connectivity index (χ1v) is 14.0. The summed E-state index contributed by atoms with van der Waals surface area (Å²) in [7, 11) is 0. The van der Waals surface area contributed by atoms with E-state index in [0.717, 1.165) is 44.9 Å². The zero-order chi connectivity index (χ0) is 26.8. The topological polar surface area (TPSA) is 141 Å². The smallest absolute Gasteiger partial charge is 0.352 e. The number of carbonyl (C=O) groups is 3. The summed E-state index contributed by atoms with van der Waals surface area (Å²) >= 11 is 0. The number of nitrogens with one attached hydrogen (secondary N) is 2. The standard InChI is InChI=1S/C28H38FN5O4/c29-14-21(30)17-6-8-18(9-7-17)27(36)34-11-10-20(16-4-2-1-3-5-16)25(34)26(35)33-24-13-19-12-22(28(37)38)32-23(19)15-31-24/h12-13,15-18,20-21,25,32H,1-11,14,30H2,(H,37,38)(H,31,33,35)/t17-,18-,20-,21+,25-/m0/s1. The average Bonchev–Trinajstić information content (AvgIpc) is 3.58. The Morgan fingerprint density at radius 3 is 2.53 bits per heavy atom. The number of aromatic nitrogens is 2. The Labute approximate surface area is 221 Å². The van der Waals surface area contributed by atoms with Crippen LogP contribution in [-0.2, 0) is 9.59 Å². The van der Waals surface area contributed by atoms with E-state index in [2.05, 4.69) is 15.3 Å². The molecule has 1 aliphatic heterocycles. The number of pyridine rings is 1. The van der Waals surface area contributed by atoms with E-state index in [-0.39, 0.29) is 35.3 Å². The molecule has 0 bridgehead atoms. The van der Waals surface area contributed by atoms with E-state index in [4.69, 9.17) is 5.73 Å². The summed E-state index contributed by atoms with van der Waals surface area (Å²) in [6.45, 7) is 0.0230. The summed E-state index contributed by atoms with van der Waals surface area (Å²) < 4.78 is 13.1. The molecule has 3 fully saturated rings. The fraction of sp³-hybridized carbons (Fsp3) is 0.643. The van der Waals surface area contributed by atoms with Crippen LogP contribution in [0.15, 0.2) is 18.3 Å². The van der Waals surface area contributed by atoms with Crippen LogP contribution in [0.5, 0.6) is 0 Å². The van der Waals surface area contributed by atoms with Crippen molar-refractivity contribution in [1.82, 2.24) is 14.9 Å². The van der Waals surface area contributed by atoms with Crippen molar-refractivity contribution in [3.05, 3.63) is 24.0 Å². The Kier molecular flexibility index (Phi) is 7.97. The molecule has 5 rings (SSSR count). The Morgan fingerprint density at radius 2 is 1.84 bits per heavy atom. The molecule has 5 N–H and O–H groups in total. The highest BCUT2D eigenvalue weighted by molar-refractivity contribution is 5.99. The van der Waals surface area contributed by atoms with Gasteiger partial charge in [0.25, 0.3) is 0 Å². The van der Waals surface area contributed by atoms with Gasteiger partial charge in [0.2, 0.25) is 11.8 Å². The molecule has 38 heavy (non-hydrogen) atoms. The van der Waals surface area contributed by atoms with Crippen molar-refractivity contribution < 1.29 is 23.9 Å². The van der Waals surface area contributed by atoms with E-state index in [9.17, 15) is 23.9 Å². The fourth-order valence-corrected chi connectivity index (χ4v) is 7.03. The number of alkyl halides is 1. The van der Waals surface area contributed by atoms with Gasteiger partial charge in [-0.05, 0) is 62.0 Å². The number of rotatable bonds is 7. The molecular formula is C28H38FN5O4. The molecule has 0 radical (unpaired) electrons. The van der Waals surface area contributed by atoms with Gasteiger partial charge in [-0.3, -0.25) is 9.59 Å². The van der Waals surface area contributed by atoms with E-state index >= 15 is 0 Å². The van der Waals surface area contributed by atoms with E-state index in [1.165, 1.54) is 18.7 Å². The second kappa shape index (κ2) is 11.4. The van der Waals surface area contributed by atoms with Gasteiger partial charge in [0.05, 0.1) is 11.7 Å². The number of aromatic amines is 1. The Morgan fingerprint density at radius 1 is 1.11 bits per heavy atom. The highest BCUT2D eigenvalue weighted by Crippen LogP contribution is 2.41. The number of likely N-dealkylation sites (tertiary alicyclic amines) is 1. The number of nitrogens with two attached hydrogens (primary N) is 1. The molecule has 2 amide bonds. The molecule has 10 heteroatoms. The van der Waals surface area contributed by atoms with Gasteiger partial charge in [-0.1, -0.05) is 32.1 Å². The number of H-pyrrole nitrogens is 1. The Balaban J connectivity index is 1.34. The van der Waals surface area contributed by atoms with E-state index in [0.29, 0.717) is 42.0 Å². The Bertz CT molecular complexity index is 1170. The van der Waals surface area contributed by atoms with E-state index < -0.39 is 24.7 Å². The van der Waals surface area contributed by atoms with Crippen LogP contribution in [-0.4, -0.2) is 63.1 Å². The van der Waals surface area contributed by atoms with Crippen molar-refractivity contribution in [2.24, 2.45) is 29.4 Å². The summed E-state index contributed by atoms with van der Waals surface area (Å²) in [6.07, 6.45) is 10.8. The summed E-state index contributed by atoms with van der Waals surface area (Å²) in [5, 5.41) is 12.8. The molecule has 2 aromatic heterocycles. The first-order valence-electron chi connectivity index (χ1n) is 14.0. The lowest BCUT2D eigenvalue weighted by molar-refractivity contribution is -0.142. The largest absolute Gasteiger partial charge is 0.477 e. The van der Waals surface area contributed by atoms with Gasteiger partial charge in [0, 0.05) is 23.9 Å². The van der Waals surface area contributed by atoms with Gasteiger partial charge >= 0.3 is 5.97 Å². The van der Waals surface area contributed by atoms with Crippen LogP contribution < -0.4 is 11.1 Å². The molecule has 9 nitrogen and oxygen atoms in total. The second-order valence-electron chi connectivity index (χ2n) is 11.4. The van der Waals surface area contributed by atoms with Crippen LogP contribution in [0.2, 0.25) is 0 Å². The van der Waals surface area contributed by atoms with E-state index in [1.54, 1.807) is 11.0 Å². The van der Waals surface area contributed by atoms with Crippen LogP contribution in [0.4, 0.5) is 10.2 Å². The fourth-order valence-electron chi connectivity index (χ4n) is 7.03. The number of hydrogen-bond acceptors (Lipinski definition) is 5. The minimum atomic E-state index is -1.07. The first-order chi connectivity index (χ1) is 18.4. The monoisotopic (exact) mass is 527 g/mol. The molecule has 0 spiro atoms. The Hall–Kier alpha value is -3.01. The van der Waals surface area contributed by atoms with Crippen LogP contribution in [0.3, 0.4) is 0 Å². The quantitative estimate of drug-likeness (QED) is 0.427. The number of nitrogens with zero attached hydrogens (tertiary/aromatic N) is 2. The summed E-state index contributed by atoms with van der Waals surface area (Å²) in [6, 6.07) is 2.14. The molecule has 2 saturated carbocycles. The van der Waals surface area contributed by atoms with Crippen LogP contribution >= 0.6 is 0 Å². The molecule has 206 valence electrons. The summed E-state index contributed by atoms with van der Waals surface area (Å²) in [5.41, 5.74) is 6.54. The predicted molar refractivity (Wildman–Crippen MR) is 141 cm³/mol. The molecule has 0 aromatic carbocycles. The number of carbonyl (C=O) groups excluding carboxylic acids is 2. The first kappa shape index (κ1) is 26.6. The lowest BCUT2D eigenvalue weighted by atomic mass is 9.76. The van der Waals surface area contributed by atoms with Crippen LogP contribution in [0.1, 0.15) is 74.7 Å². The number of amides is 2. The van der Waals surface area contributed by atoms with Gasteiger partial charge in [-0.15, -0.1) is 0 Å². The maximum atomic E-state index is 13.8. The normalized spacial score (nSPS) is 27.4. The predicted octanol–water partition coefficient (Wildman–Crippen LogP) is 4.10. The van der Waals surface area contributed by atoms with Crippen molar-refractivity contribution in [2.45, 2.75) is 76.3 Å². The zero-order valence-electron chi connectivity index (χ0n) is 21.7. The number of halogens is 1. The van der Waals surface area contributed by atoms with Crippen molar-refractivity contribution in [2.75, 3.05) is 18.5 Å². The number of fused-ring (bicyclic) bond motifs is 1. The van der Waals surface area contributed by atoms with Gasteiger partial charge in [-0.2, -0.15) is 0 Å². The van der Waals surface area contributed by atoms with Gasteiger partial charge in [-0.25, -0.2) is 14.2 Å². The average molecular weight is 528 g/mol. The number of hydrogen-bond donors (Lipinski definition) is 4. The number of carboxylic acid groups (broad SMARTS) is 1. The van der Waals surface area contributed by atoms with E-state index in [1.807, 2.05) is 0 Å². The number of anilines is 1. The molecule has 1 saturated heterocycles. The van der Waals surface area contributed by atoms with Gasteiger partial charge < -0.3 is 26.0 Å². The van der Waals surface area contributed by atoms with Crippen molar-refractivity contribution >= 4 is 34.5 Å². The molecule has 2 aromatic rings. The third-order valence-electron chi connectivity index (χ3n) is 9.14. The van der Waals surface area contributed by atoms with Gasteiger partial charge in [0.15, 0.2) is 0 Å². The number of carboxylic acids is 1. The molecule has 3 heterocycles. The highest BCUT2D eigenvalue weighted by Gasteiger charge is 2.47. The van der Waals surface area contributed by atoms with Crippen molar-refractivity contribution in [1.29, 1.82) is 0 Å². The lowest BCUT2D eigenvalue weighted by Crippen LogP contribution is -2.50. The van der Waals surface area contributed by atoms with Crippen LogP contribution in [0.25, 0.3) is 10.9 Å². The summed E-state index contributed by atoms with van der Waals surface area (Å²) in [5.74, 6) is -0.492. The third-order valence-corrected chi connectivity index (χ3v) is 9.14. The third kappa shape index (κ3) is 5.41. The second-order valence-corrected chi connectivity index (χ2v) is 11.4. The van der Waals surface area contributed by atoms with Crippen molar-refractivity contribution in [3.8, 4) is 0 Å². The lowest BCUT2D eigenvalue weighted by Gasteiger charge is -2.36. The van der Waals surface area contributed by atoms with Gasteiger partial charge in [0.1, 0.15) is 24.2 Å². The maximum absolute atomic E-state index is 13.8. The number of aromatic carboxylic acids is 1. The van der Waals surface area contributed by atoms with Crippen molar-refractivity contribution in [3.63, 3.8) is 0 Å². The molecule has 2 aliphatic carbocycles. The molecule has 3 atom stereocenters. The minimum Gasteiger partial charge on any atom is -0.477 e. The molecular weight excluding hydrogens is 489 g/mol.